The van der Waals surface area contributed by atoms with Gasteiger partial charge in [0.05, 0.1) is 0 Å². The highest BCUT2D eigenvalue weighted by Crippen LogP contribution is 2.26. The fourth-order valence-corrected chi connectivity index (χ4v) is 5.28. The van der Waals surface area contributed by atoms with Gasteiger partial charge in [0.15, 0.2) is 6.29 Å². The van der Waals surface area contributed by atoms with Crippen molar-refractivity contribution in [3.8, 4) is 5.75 Å². The Hall–Kier alpha value is -3.92. The van der Waals surface area contributed by atoms with Gasteiger partial charge < -0.3 is 24.4 Å². The molecular formula is C35H43N3O6. The normalized spacial score (nSPS) is 19.2. The first-order valence-corrected chi connectivity index (χ1v) is 15.4. The summed E-state index contributed by atoms with van der Waals surface area (Å²) in [5.41, 5.74) is 4.46. The molecule has 5 rings (SSSR count). The van der Waals surface area contributed by atoms with Gasteiger partial charge in [-0.15, -0.1) is 0 Å². The van der Waals surface area contributed by atoms with Crippen LogP contribution < -0.4 is 15.5 Å². The highest BCUT2D eigenvalue weighted by atomic mass is 16.8. The molecule has 9 nitrogen and oxygen atoms in total. The van der Waals surface area contributed by atoms with Crippen molar-refractivity contribution >= 4 is 28.8 Å². The predicted molar refractivity (Wildman–Crippen MR) is 170 cm³/mol. The van der Waals surface area contributed by atoms with E-state index in [4.69, 9.17) is 19.0 Å². The zero-order valence-corrected chi connectivity index (χ0v) is 25.8. The minimum atomic E-state index is -0.523. The van der Waals surface area contributed by atoms with Crippen LogP contribution >= 0.6 is 0 Å². The van der Waals surface area contributed by atoms with Gasteiger partial charge in [-0.1, -0.05) is 54.6 Å². The molecule has 3 aromatic carbocycles. The van der Waals surface area contributed by atoms with Crippen LogP contribution in [0.15, 0.2) is 72.3 Å². The predicted octanol–water partition coefficient (Wildman–Crippen LogP) is 6.09. The number of rotatable bonds is 10. The third-order valence-corrected chi connectivity index (χ3v) is 7.59. The second kappa shape index (κ2) is 14.7. The van der Waals surface area contributed by atoms with Crippen LogP contribution in [-0.4, -0.2) is 67.7 Å². The number of hydrogen-bond donors (Lipinski definition) is 2. The van der Waals surface area contributed by atoms with E-state index in [0.717, 1.165) is 53.3 Å². The van der Waals surface area contributed by atoms with Crippen molar-refractivity contribution in [1.82, 2.24) is 15.7 Å². The summed E-state index contributed by atoms with van der Waals surface area (Å²) in [6.45, 7) is 8.47. The van der Waals surface area contributed by atoms with Gasteiger partial charge in [-0.3, -0.25) is 4.79 Å². The van der Waals surface area contributed by atoms with Crippen molar-refractivity contribution in [3.05, 3.63) is 83.4 Å². The van der Waals surface area contributed by atoms with E-state index >= 15 is 0 Å². The number of carbonyl (C=O) groups is 2. The molecule has 2 fully saturated rings. The van der Waals surface area contributed by atoms with Gasteiger partial charge in [-0.25, -0.2) is 15.1 Å². The molecule has 0 aromatic heterocycles. The Labute approximate surface area is 259 Å². The minimum absolute atomic E-state index is 0.141. The number of ether oxygens (including phenoxy) is 3. The maximum atomic E-state index is 12.6. The number of amides is 2. The number of hydroxylamine groups is 1. The molecule has 2 aliphatic rings. The topological polar surface area (TPSA) is 98.4 Å². The quantitative estimate of drug-likeness (QED) is 0.272. The van der Waals surface area contributed by atoms with Crippen LogP contribution in [0.4, 0.5) is 4.79 Å². The minimum Gasteiger partial charge on any atom is -0.489 e. The molecule has 0 spiro atoms. The Morgan fingerprint density at radius 3 is 2.57 bits per heavy atom. The van der Waals surface area contributed by atoms with E-state index in [0.29, 0.717) is 38.4 Å². The summed E-state index contributed by atoms with van der Waals surface area (Å²) in [7, 11) is 0. The lowest BCUT2D eigenvalue weighted by atomic mass is 10.1. The van der Waals surface area contributed by atoms with Crippen molar-refractivity contribution in [2.75, 3.05) is 32.8 Å². The highest BCUT2D eigenvalue weighted by molar-refractivity contribution is 5.93. The summed E-state index contributed by atoms with van der Waals surface area (Å²) in [6.07, 6.45) is 5.04. The molecule has 44 heavy (non-hydrogen) atoms. The van der Waals surface area contributed by atoms with Gasteiger partial charge in [0.1, 0.15) is 18.0 Å². The standard InChI is InChI=1S/C35H43N3O6/c1-35(2,3)43-34(40)38-19-18-29(23-38)36-22-26(24-42-31-12-8-10-27-9-4-5-11-30(27)31)21-25-14-16-28(17-15-25)33(39)37-44-32-13-6-7-20-41-32/h4-5,8-12,14-17,21,29,32,36H,6-7,13,18-20,22-24H2,1-3H3,(H,37,39)/b26-21-. The molecule has 2 N–H and O–H groups in total. The molecule has 2 heterocycles. The Morgan fingerprint density at radius 2 is 1.80 bits per heavy atom. The number of nitrogens with one attached hydrogen (secondary N) is 2. The molecule has 9 heteroatoms. The largest absolute Gasteiger partial charge is 0.489 e. The van der Waals surface area contributed by atoms with Gasteiger partial charge in [-0.05, 0) is 74.8 Å². The molecule has 0 aliphatic carbocycles. The number of carbonyl (C=O) groups excluding carboxylic acids is 2. The molecule has 2 amide bonds. The Bertz CT molecular complexity index is 1440. The summed E-state index contributed by atoms with van der Waals surface area (Å²) in [5, 5.41) is 5.79. The van der Waals surface area contributed by atoms with Gasteiger partial charge in [0, 0.05) is 49.7 Å². The van der Waals surface area contributed by atoms with E-state index in [1.54, 1.807) is 17.0 Å². The lowest BCUT2D eigenvalue weighted by Gasteiger charge is -2.24. The first-order valence-electron chi connectivity index (χ1n) is 15.4. The van der Waals surface area contributed by atoms with Gasteiger partial charge >= 0.3 is 6.09 Å². The Kier molecular flexibility index (Phi) is 10.5. The van der Waals surface area contributed by atoms with E-state index in [1.165, 1.54) is 0 Å². The molecular weight excluding hydrogens is 558 g/mol. The van der Waals surface area contributed by atoms with Crippen molar-refractivity contribution in [3.63, 3.8) is 0 Å². The maximum absolute atomic E-state index is 12.6. The smallest absolute Gasteiger partial charge is 0.410 e. The lowest BCUT2D eigenvalue weighted by Crippen LogP contribution is -2.39. The molecule has 3 aromatic rings. The fraction of sp³-hybridized carbons (Fsp3) is 0.429. The van der Waals surface area contributed by atoms with Crippen molar-refractivity contribution < 1.29 is 28.6 Å². The zero-order chi connectivity index (χ0) is 30.9. The summed E-state index contributed by atoms with van der Waals surface area (Å²) < 4.78 is 17.4. The Balaban J connectivity index is 1.24. The number of benzene rings is 3. The van der Waals surface area contributed by atoms with Crippen molar-refractivity contribution in [2.45, 2.75) is 64.4 Å². The summed E-state index contributed by atoms with van der Waals surface area (Å²) in [5.74, 6) is 0.506. The molecule has 0 radical (unpaired) electrons. The molecule has 0 saturated carbocycles. The Morgan fingerprint density at radius 1 is 1.00 bits per heavy atom. The maximum Gasteiger partial charge on any atom is 0.410 e. The fourth-order valence-electron chi connectivity index (χ4n) is 5.28. The third-order valence-electron chi connectivity index (χ3n) is 7.59. The SMILES string of the molecule is CC(C)(C)OC(=O)N1CCC(NC/C(=C/c2ccc(C(=O)NOC3CCCCO3)cc2)COc2cccc3ccccc23)C1. The summed E-state index contributed by atoms with van der Waals surface area (Å²) >= 11 is 0. The van der Waals surface area contributed by atoms with E-state index < -0.39 is 11.9 Å². The van der Waals surface area contributed by atoms with Gasteiger partial charge in [-0.2, -0.15) is 0 Å². The van der Waals surface area contributed by atoms with Crippen LogP contribution in [0.5, 0.6) is 5.75 Å². The third kappa shape index (κ3) is 9.05. The molecule has 2 unspecified atom stereocenters. The van der Waals surface area contributed by atoms with Crippen molar-refractivity contribution in [2.24, 2.45) is 0 Å². The number of fused-ring (bicyclic) bond motifs is 1. The molecule has 2 saturated heterocycles. The number of nitrogens with zero attached hydrogens (tertiary/aromatic N) is 1. The first kappa shape index (κ1) is 31.5. The van der Waals surface area contributed by atoms with Gasteiger partial charge in [0.25, 0.3) is 5.91 Å². The molecule has 0 bridgehead atoms. The monoisotopic (exact) mass is 601 g/mol. The van der Waals surface area contributed by atoms with Crippen molar-refractivity contribution in [1.29, 1.82) is 0 Å². The average molecular weight is 602 g/mol. The van der Waals surface area contributed by atoms with E-state index in [-0.39, 0.29) is 18.0 Å². The second-order valence-corrected chi connectivity index (χ2v) is 12.3. The van der Waals surface area contributed by atoms with Crippen LogP contribution in [-0.2, 0) is 14.3 Å². The first-order chi connectivity index (χ1) is 21.2. The van der Waals surface area contributed by atoms with E-state index in [2.05, 4.69) is 35.1 Å². The second-order valence-electron chi connectivity index (χ2n) is 12.3. The van der Waals surface area contributed by atoms with Crippen LogP contribution in [0.25, 0.3) is 16.8 Å². The molecule has 234 valence electrons. The van der Waals surface area contributed by atoms with Crippen LogP contribution in [0, 0.1) is 0 Å². The number of likely N-dealkylation sites (tertiary alicyclic amines) is 1. The average Bonchev–Trinajstić information content (AvgIpc) is 3.51. The molecule has 2 aliphatic heterocycles. The van der Waals surface area contributed by atoms with Crippen LogP contribution in [0.1, 0.15) is 62.4 Å². The van der Waals surface area contributed by atoms with E-state index in [1.807, 2.05) is 57.2 Å². The number of hydrogen-bond acceptors (Lipinski definition) is 7. The summed E-state index contributed by atoms with van der Waals surface area (Å²) in [4.78, 5) is 32.4. The van der Waals surface area contributed by atoms with Gasteiger partial charge in [0.2, 0.25) is 0 Å². The van der Waals surface area contributed by atoms with Crippen LogP contribution in [0.3, 0.4) is 0 Å². The van der Waals surface area contributed by atoms with E-state index in [9.17, 15) is 9.59 Å². The summed E-state index contributed by atoms with van der Waals surface area (Å²) in [6, 6.07) is 21.7. The lowest BCUT2D eigenvalue weighted by molar-refractivity contribution is -0.186. The van der Waals surface area contributed by atoms with Crippen LogP contribution in [0.2, 0.25) is 0 Å². The highest BCUT2D eigenvalue weighted by Gasteiger charge is 2.29. The zero-order valence-electron chi connectivity index (χ0n) is 25.8. The molecule has 2 atom stereocenters.